The first-order valence-electron chi connectivity index (χ1n) is 4.75. The van der Waals surface area contributed by atoms with Crippen LogP contribution in [0.1, 0.15) is 20.3 Å². The van der Waals surface area contributed by atoms with Gasteiger partial charge in [-0.25, -0.2) is 0 Å². The third-order valence-corrected chi connectivity index (χ3v) is 3.22. The molecule has 3 nitrogen and oxygen atoms in total. The molecular weight excluding hydrogens is 154 g/mol. The van der Waals surface area contributed by atoms with Gasteiger partial charge in [0.25, 0.3) is 0 Å². The number of hydrogen-bond donors (Lipinski definition) is 1. The van der Waals surface area contributed by atoms with Crippen molar-refractivity contribution in [2.24, 2.45) is 5.92 Å². The molecule has 0 radical (unpaired) electrons. The molecule has 2 aliphatic heterocycles. The van der Waals surface area contributed by atoms with Crippen LogP contribution in [-0.4, -0.2) is 30.6 Å². The summed E-state index contributed by atoms with van der Waals surface area (Å²) in [5.41, 5.74) is 0. The molecule has 3 rings (SSSR count). The molecule has 2 saturated heterocycles. The second-order valence-corrected chi connectivity index (χ2v) is 4.58. The molecule has 12 heavy (non-hydrogen) atoms. The second-order valence-electron chi connectivity index (χ2n) is 4.58. The highest BCUT2D eigenvalue weighted by Gasteiger charge is 2.56. The van der Waals surface area contributed by atoms with Gasteiger partial charge in [-0.2, -0.15) is 0 Å². The molecule has 3 heteroatoms. The van der Waals surface area contributed by atoms with Crippen LogP contribution in [-0.2, 0) is 9.47 Å². The average Bonchev–Trinajstić information content (AvgIpc) is 2.54. The van der Waals surface area contributed by atoms with Gasteiger partial charge in [0, 0.05) is 18.5 Å². The topological polar surface area (TPSA) is 30.5 Å². The van der Waals surface area contributed by atoms with E-state index in [0.717, 1.165) is 6.54 Å². The largest absolute Gasteiger partial charge is 0.344 e. The Balaban J connectivity index is 1.87. The lowest BCUT2D eigenvalue weighted by molar-refractivity contribution is -0.154. The summed E-state index contributed by atoms with van der Waals surface area (Å²) < 4.78 is 11.7. The van der Waals surface area contributed by atoms with Crippen molar-refractivity contribution in [1.82, 2.24) is 5.32 Å². The molecule has 0 amide bonds. The molecule has 1 saturated carbocycles. The molecule has 2 heterocycles. The van der Waals surface area contributed by atoms with Crippen LogP contribution in [0.2, 0.25) is 0 Å². The Hall–Kier alpha value is -0.120. The molecule has 3 aliphatic rings. The van der Waals surface area contributed by atoms with Gasteiger partial charge in [0.1, 0.15) is 6.10 Å². The van der Waals surface area contributed by atoms with Crippen molar-refractivity contribution in [3.05, 3.63) is 0 Å². The van der Waals surface area contributed by atoms with Crippen LogP contribution < -0.4 is 5.32 Å². The molecule has 4 unspecified atom stereocenters. The van der Waals surface area contributed by atoms with E-state index in [9.17, 15) is 0 Å². The quantitative estimate of drug-likeness (QED) is 0.572. The van der Waals surface area contributed by atoms with Crippen molar-refractivity contribution in [2.75, 3.05) is 6.54 Å². The summed E-state index contributed by atoms with van der Waals surface area (Å²) in [5.74, 6) is 0.347. The monoisotopic (exact) mass is 169 g/mol. The molecule has 1 N–H and O–H groups in total. The molecule has 0 spiro atoms. The molecule has 0 aromatic carbocycles. The van der Waals surface area contributed by atoms with Crippen molar-refractivity contribution < 1.29 is 9.47 Å². The van der Waals surface area contributed by atoms with Crippen LogP contribution in [0.15, 0.2) is 0 Å². The SMILES string of the molecule is CC1(C)OC2C3CNC(C3)C2O1. The fourth-order valence-electron chi connectivity index (χ4n) is 2.79. The number of rotatable bonds is 0. The van der Waals surface area contributed by atoms with Crippen LogP contribution >= 0.6 is 0 Å². The maximum absolute atomic E-state index is 5.84. The van der Waals surface area contributed by atoms with Crippen LogP contribution in [0.4, 0.5) is 0 Å². The van der Waals surface area contributed by atoms with E-state index in [2.05, 4.69) is 5.32 Å². The fourth-order valence-corrected chi connectivity index (χ4v) is 2.79. The average molecular weight is 169 g/mol. The van der Waals surface area contributed by atoms with Crippen molar-refractivity contribution in [3.8, 4) is 0 Å². The molecule has 3 fully saturated rings. The molecule has 1 aliphatic carbocycles. The Morgan fingerprint density at radius 3 is 2.75 bits per heavy atom. The van der Waals surface area contributed by atoms with Crippen LogP contribution in [0, 0.1) is 5.92 Å². The lowest BCUT2D eigenvalue weighted by Gasteiger charge is -2.21. The summed E-state index contributed by atoms with van der Waals surface area (Å²) in [7, 11) is 0. The predicted molar refractivity (Wildman–Crippen MR) is 43.7 cm³/mol. The molecule has 0 aromatic rings. The van der Waals surface area contributed by atoms with Gasteiger partial charge in [0.05, 0.1) is 6.10 Å². The highest BCUT2D eigenvalue weighted by molar-refractivity contribution is 5.06. The van der Waals surface area contributed by atoms with Crippen molar-refractivity contribution in [3.63, 3.8) is 0 Å². The first kappa shape index (κ1) is 7.30. The molecule has 2 bridgehead atoms. The number of piperidine rings is 1. The molecule has 0 aromatic heterocycles. The Morgan fingerprint density at radius 1 is 1.25 bits per heavy atom. The Labute approximate surface area is 72.4 Å². The minimum atomic E-state index is -0.349. The smallest absolute Gasteiger partial charge is 0.163 e. The van der Waals surface area contributed by atoms with Gasteiger partial charge in [-0.05, 0) is 20.3 Å². The summed E-state index contributed by atoms with van der Waals surface area (Å²) in [6, 6.07) is 0.557. The van der Waals surface area contributed by atoms with Gasteiger partial charge < -0.3 is 14.8 Å². The Morgan fingerprint density at radius 2 is 2.00 bits per heavy atom. The van der Waals surface area contributed by atoms with Crippen LogP contribution in [0.3, 0.4) is 0 Å². The standard InChI is InChI=1S/C9H15NO2/c1-9(2)11-7-5-3-6(10-4-5)8(7)12-9/h5-8,10H,3-4H2,1-2H3. The first-order chi connectivity index (χ1) is 5.66. The van der Waals surface area contributed by atoms with Gasteiger partial charge in [0.2, 0.25) is 0 Å². The normalized spacial score (nSPS) is 54.5. The van der Waals surface area contributed by atoms with Gasteiger partial charge in [-0.15, -0.1) is 0 Å². The third-order valence-electron chi connectivity index (χ3n) is 3.22. The minimum absolute atomic E-state index is 0.318. The van der Waals surface area contributed by atoms with E-state index in [-0.39, 0.29) is 5.79 Å². The number of ether oxygens (including phenoxy) is 2. The predicted octanol–water partition coefficient (Wildman–Crippen LogP) is 0.498. The van der Waals surface area contributed by atoms with E-state index in [1.54, 1.807) is 0 Å². The Bertz CT molecular complexity index is 197. The van der Waals surface area contributed by atoms with Gasteiger partial charge in [-0.3, -0.25) is 0 Å². The molecule has 68 valence electrons. The lowest BCUT2D eigenvalue weighted by Crippen LogP contribution is -2.43. The maximum atomic E-state index is 5.84. The molecular formula is C9H15NO2. The number of nitrogens with one attached hydrogen (secondary N) is 1. The van der Waals surface area contributed by atoms with Crippen molar-refractivity contribution in [1.29, 1.82) is 0 Å². The van der Waals surface area contributed by atoms with E-state index in [1.165, 1.54) is 6.42 Å². The van der Waals surface area contributed by atoms with Gasteiger partial charge in [0.15, 0.2) is 5.79 Å². The zero-order valence-corrected chi connectivity index (χ0v) is 7.54. The second kappa shape index (κ2) is 2.03. The summed E-state index contributed by atoms with van der Waals surface area (Å²) >= 11 is 0. The van der Waals surface area contributed by atoms with E-state index in [0.29, 0.717) is 24.2 Å². The van der Waals surface area contributed by atoms with E-state index >= 15 is 0 Å². The third kappa shape index (κ3) is 0.817. The summed E-state index contributed by atoms with van der Waals surface area (Å²) in [5, 5.41) is 3.46. The summed E-state index contributed by atoms with van der Waals surface area (Å²) in [6.07, 6.45) is 1.93. The van der Waals surface area contributed by atoms with Gasteiger partial charge in [-0.1, -0.05) is 0 Å². The summed E-state index contributed by atoms with van der Waals surface area (Å²) in [6.45, 7) is 5.13. The van der Waals surface area contributed by atoms with Crippen molar-refractivity contribution in [2.45, 2.75) is 44.3 Å². The van der Waals surface area contributed by atoms with E-state index in [4.69, 9.17) is 9.47 Å². The fraction of sp³-hybridized carbons (Fsp3) is 1.00. The number of fused-ring (bicyclic) bond motifs is 5. The van der Waals surface area contributed by atoms with Crippen molar-refractivity contribution >= 4 is 0 Å². The van der Waals surface area contributed by atoms with Crippen LogP contribution in [0.25, 0.3) is 0 Å². The highest BCUT2D eigenvalue weighted by Crippen LogP contribution is 2.44. The highest BCUT2D eigenvalue weighted by atomic mass is 16.8. The van der Waals surface area contributed by atoms with E-state index < -0.39 is 0 Å². The van der Waals surface area contributed by atoms with E-state index in [1.807, 2.05) is 13.8 Å². The zero-order chi connectivity index (χ0) is 8.34. The Kier molecular flexibility index (Phi) is 1.23. The maximum Gasteiger partial charge on any atom is 0.163 e. The minimum Gasteiger partial charge on any atom is -0.344 e. The lowest BCUT2D eigenvalue weighted by atomic mass is 10.1. The van der Waals surface area contributed by atoms with Crippen LogP contribution in [0.5, 0.6) is 0 Å². The summed E-state index contributed by atoms with van der Waals surface area (Å²) in [4.78, 5) is 0. The number of hydrogen-bond acceptors (Lipinski definition) is 3. The zero-order valence-electron chi connectivity index (χ0n) is 7.54. The molecule has 4 atom stereocenters. The first-order valence-corrected chi connectivity index (χ1v) is 4.75. The van der Waals surface area contributed by atoms with Gasteiger partial charge >= 0.3 is 0 Å².